The van der Waals surface area contributed by atoms with Crippen LogP contribution in [-0.4, -0.2) is 69.5 Å². The average Bonchev–Trinajstić information content (AvgIpc) is 2.83. The molecule has 1 aliphatic heterocycles. The third-order valence-electron chi connectivity index (χ3n) is 5.52. The van der Waals surface area contributed by atoms with Crippen LogP contribution in [0.3, 0.4) is 0 Å². The molecule has 1 N–H and O–H groups in total. The number of amides is 1. The van der Waals surface area contributed by atoms with Crippen molar-refractivity contribution in [2.24, 2.45) is 0 Å². The molecular weight excluding hydrogens is 454 g/mol. The van der Waals surface area contributed by atoms with Crippen LogP contribution in [0.5, 0.6) is 11.5 Å². The monoisotopic (exact) mass is 487 g/mol. The van der Waals surface area contributed by atoms with Crippen molar-refractivity contribution >= 4 is 27.7 Å². The minimum atomic E-state index is -3.55. The van der Waals surface area contributed by atoms with Gasteiger partial charge in [-0.15, -0.1) is 0 Å². The van der Waals surface area contributed by atoms with Crippen molar-refractivity contribution in [1.82, 2.24) is 9.21 Å². The number of hydrogen-bond donors (Lipinski definition) is 1. The third kappa shape index (κ3) is 6.59. The maximum atomic E-state index is 12.9. The Morgan fingerprint density at radius 1 is 1.06 bits per heavy atom. The van der Waals surface area contributed by atoms with Gasteiger partial charge >= 0.3 is 0 Å². The lowest BCUT2D eigenvalue weighted by Gasteiger charge is -2.33. The number of methoxy groups -OCH3 is 1. The van der Waals surface area contributed by atoms with E-state index < -0.39 is 10.0 Å². The van der Waals surface area contributed by atoms with Gasteiger partial charge in [0.1, 0.15) is 0 Å². The SMILES string of the molecule is CCN1CCN(S(=O)(=O)c2ccc(NC(=O)/C=C/c3ccc(OC(C)C)c(OC)c3)cc2)CC1. The number of ether oxygens (including phenoxy) is 2. The minimum Gasteiger partial charge on any atom is -0.493 e. The highest BCUT2D eigenvalue weighted by molar-refractivity contribution is 7.89. The van der Waals surface area contributed by atoms with Crippen LogP contribution < -0.4 is 14.8 Å². The predicted molar refractivity (Wildman–Crippen MR) is 134 cm³/mol. The van der Waals surface area contributed by atoms with Crippen LogP contribution in [0.2, 0.25) is 0 Å². The fraction of sp³-hybridized carbons (Fsp3) is 0.400. The molecule has 0 aliphatic carbocycles. The van der Waals surface area contributed by atoms with Gasteiger partial charge in [0.2, 0.25) is 15.9 Å². The van der Waals surface area contributed by atoms with E-state index in [0.717, 1.165) is 25.2 Å². The molecule has 2 aromatic rings. The van der Waals surface area contributed by atoms with E-state index in [0.29, 0.717) is 30.3 Å². The van der Waals surface area contributed by atoms with Gasteiger partial charge in [0.25, 0.3) is 0 Å². The Hall–Kier alpha value is -2.88. The molecule has 1 fully saturated rings. The van der Waals surface area contributed by atoms with E-state index in [9.17, 15) is 13.2 Å². The third-order valence-corrected chi connectivity index (χ3v) is 7.43. The van der Waals surface area contributed by atoms with Gasteiger partial charge in [0.15, 0.2) is 11.5 Å². The number of likely N-dealkylation sites (N-methyl/N-ethyl adjacent to an activating group) is 1. The quantitative estimate of drug-likeness (QED) is 0.545. The Morgan fingerprint density at radius 2 is 1.74 bits per heavy atom. The minimum absolute atomic E-state index is 0.0220. The second-order valence-corrected chi connectivity index (χ2v) is 10.2. The van der Waals surface area contributed by atoms with Crippen molar-refractivity contribution in [1.29, 1.82) is 0 Å². The van der Waals surface area contributed by atoms with E-state index in [1.165, 1.54) is 22.5 Å². The van der Waals surface area contributed by atoms with Gasteiger partial charge in [-0.1, -0.05) is 13.0 Å². The Bertz CT molecular complexity index is 1110. The van der Waals surface area contributed by atoms with E-state index in [2.05, 4.69) is 17.1 Å². The second-order valence-electron chi connectivity index (χ2n) is 8.26. The van der Waals surface area contributed by atoms with Crippen molar-refractivity contribution in [3.8, 4) is 11.5 Å². The molecule has 2 aromatic carbocycles. The zero-order valence-corrected chi connectivity index (χ0v) is 21.0. The summed E-state index contributed by atoms with van der Waals surface area (Å²) in [6.45, 7) is 9.29. The zero-order valence-electron chi connectivity index (χ0n) is 20.2. The zero-order chi connectivity index (χ0) is 24.7. The molecule has 0 aromatic heterocycles. The fourth-order valence-electron chi connectivity index (χ4n) is 3.64. The number of rotatable bonds is 9. The van der Waals surface area contributed by atoms with Gasteiger partial charge < -0.3 is 19.7 Å². The largest absolute Gasteiger partial charge is 0.493 e. The number of benzene rings is 2. The van der Waals surface area contributed by atoms with Gasteiger partial charge in [0, 0.05) is 37.9 Å². The van der Waals surface area contributed by atoms with Gasteiger partial charge in [-0.2, -0.15) is 4.31 Å². The van der Waals surface area contributed by atoms with E-state index in [1.807, 2.05) is 19.9 Å². The van der Waals surface area contributed by atoms with Crippen molar-refractivity contribution in [3.05, 3.63) is 54.1 Å². The summed E-state index contributed by atoms with van der Waals surface area (Å²) in [6, 6.07) is 11.7. The van der Waals surface area contributed by atoms with Crippen LogP contribution in [0.15, 0.2) is 53.4 Å². The smallest absolute Gasteiger partial charge is 0.248 e. The second kappa shape index (κ2) is 11.5. The van der Waals surface area contributed by atoms with Crippen LogP contribution in [0.25, 0.3) is 6.08 Å². The topological polar surface area (TPSA) is 88.2 Å². The molecule has 9 heteroatoms. The van der Waals surface area contributed by atoms with E-state index in [-0.39, 0.29) is 16.9 Å². The highest BCUT2D eigenvalue weighted by atomic mass is 32.2. The standard InChI is InChI=1S/C25H33N3O5S/c1-5-27-14-16-28(17-15-27)34(30,31)22-10-8-21(9-11-22)26-25(29)13-7-20-6-12-23(33-19(2)3)24(18-20)32-4/h6-13,18-19H,5,14-17H2,1-4H3,(H,26,29)/b13-7+. The van der Waals surface area contributed by atoms with Crippen molar-refractivity contribution in [3.63, 3.8) is 0 Å². The predicted octanol–water partition coefficient (Wildman–Crippen LogP) is 3.46. The number of hydrogen-bond acceptors (Lipinski definition) is 6. The summed E-state index contributed by atoms with van der Waals surface area (Å²) in [7, 11) is -1.98. The first kappa shape index (κ1) is 25.7. The molecule has 1 heterocycles. The molecule has 0 atom stereocenters. The normalized spacial score (nSPS) is 15.6. The van der Waals surface area contributed by atoms with Gasteiger partial charge in [0.05, 0.1) is 18.1 Å². The molecule has 0 bridgehead atoms. The highest BCUT2D eigenvalue weighted by Crippen LogP contribution is 2.29. The lowest BCUT2D eigenvalue weighted by atomic mass is 10.2. The molecule has 0 unspecified atom stereocenters. The first-order valence-electron chi connectivity index (χ1n) is 11.4. The number of sulfonamides is 1. The number of carbonyl (C=O) groups excluding carboxylic acids is 1. The summed E-state index contributed by atoms with van der Waals surface area (Å²) in [5.74, 6) is 0.901. The van der Waals surface area contributed by atoms with Crippen molar-refractivity contribution in [2.45, 2.75) is 31.8 Å². The molecule has 1 saturated heterocycles. The first-order valence-corrected chi connectivity index (χ1v) is 12.8. The lowest BCUT2D eigenvalue weighted by molar-refractivity contribution is -0.111. The van der Waals surface area contributed by atoms with Crippen molar-refractivity contribution < 1.29 is 22.7 Å². The Balaban J connectivity index is 1.61. The van der Waals surface area contributed by atoms with Crippen LogP contribution >= 0.6 is 0 Å². The molecule has 1 aliphatic rings. The highest BCUT2D eigenvalue weighted by Gasteiger charge is 2.27. The number of nitrogens with zero attached hydrogens (tertiary/aromatic N) is 2. The maximum Gasteiger partial charge on any atom is 0.248 e. The molecule has 1 amide bonds. The van der Waals surface area contributed by atoms with E-state index >= 15 is 0 Å². The van der Waals surface area contributed by atoms with Crippen molar-refractivity contribution in [2.75, 3.05) is 45.2 Å². The number of piperazine rings is 1. The summed E-state index contributed by atoms with van der Waals surface area (Å²) in [5, 5.41) is 2.75. The maximum absolute atomic E-state index is 12.9. The van der Waals surface area contributed by atoms with Gasteiger partial charge in [-0.3, -0.25) is 4.79 Å². The summed E-state index contributed by atoms with van der Waals surface area (Å²) in [6.07, 6.45) is 3.11. The van der Waals surface area contributed by atoms with E-state index in [1.54, 1.807) is 37.5 Å². The molecule has 0 radical (unpaired) electrons. The molecular formula is C25H33N3O5S. The van der Waals surface area contributed by atoms with Crippen LogP contribution in [-0.2, 0) is 14.8 Å². The Kier molecular flexibility index (Phi) is 8.71. The number of anilines is 1. The number of carbonyl (C=O) groups is 1. The van der Waals surface area contributed by atoms with E-state index in [4.69, 9.17) is 9.47 Å². The van der Waals surface area contributed by atoms with Gasteiger partial charge in [-0.25, -0.2) is 8.42 Å². The average molecular weight is 488 g/mol. The Labute approximate surface area is 202 Å². The van der Waals surface area contributed by atoms with Gasteiger partial charge in [-0.05, 0) is 68.4 Å². The summed E-state index contributed by atoms with van der Waals surface area (Å²) in [4.78, 5) is 14.8. The van der Waals surface area contributed by atoms with Crippen LogP contribution in [0.1, 0.15) is 26.3 Å². The fourth-order valence-corrected chi connectivity index (χ4v) is 5.06. The summed E-state index contributed by atoms with van der Waals surface area (Å²) in [5.41, 5.74) is 1.30. The van der Waals surface area contributed by atoms with Crippen LogP contribution in [0, 0.1) is 0 Å². The number of nitrogens with one attached hydrogen (secondary N) is 1. The first-order chi connectivity index (χ1) is 16.2. The molecule has 3 rings (SSSR count). The summed E-state index contributed by atoms with van der Waals surface area (Å²) >= 11 is 0. The molecule has 8 nitrogen and oxygen atoms in total. The Morgan fingerprint density at radius 3 is 2.32 bits per heavy atom. The summed E-state index contributed by atoms with van der Waals surface area (Å²) < 4.78 is 38.4. The molecule has 34 heavy (non-hydrogen) atoms. The molecule has 184 valence electrons. The lowest BCUT2D eigenvalue weighted by Crippen LogP contribution is -2.48. The van der Waals surface area contributed by atoms with Crippen LogP contribution in [0.4, 0.5) is 5.69 Å². The molecule has 0 spiro atoms. The molecule has 0 saturated carbocycles.